The highest BCUT2D eigenvalue weighted by Crippen LogP contribution is 2.32. The molecule has 2 heterocycles. The van der Waals surface area contributed by atoms with Crippen molar-refractivity contribution in [1.29, 1.82) is 0 Å². The van der Waals surface area contributed by atoms with E-state index in [4.69, 9.17) is 0 Å². The van der Waals surface area contributed by atoms with Crippen molar-refractivity contribution >= 4 is 41.1 Å². The van der Waals surface area contributed by atoms with E-state index in [0.717, 1.165) is 17.1 Å². The number of rotatable bonds is 2. The molecular formula is C13H14N2O2S2. The van der Waals surface area contributed by atoms with Crippen LogP contribution in [-0.4, -0.2) is 40.8 Å². The van der Waals surface area contributed by atoms with Crippen LogP contribution in [0.3, 0.4) is 0 Å². The van der Waals surface area contributed by atoms with Crippen LogP contribution in [0.4, 0.5) is 10.5 Å². The predicted molar refractivity (Wildman–Crippen MR) is 78.7 cm³/mol. The van der Waals surface area contributed by atoms with Gasteiger partial charge in [-0.25, -0.2) is 9.69 Å². The van der Waals surface area contributed by atoms with Gasteiger partial charge in [0.15, 0.2) is 0 Å². The summed E-state index contributed by atoms with van der Waals surface area (Å²) >= 11 is 3.34. The molecule has 2 fully saturated rings. The summed E-state index contributed by atoms with van der Waals surface area (Å²) in [5, 5.41) is 0. The average molecular weight is 294 g/mol. The second-order valence-corrected chi connectivity index (χ2v) is 6.42. The van der Waals surface area contributed by atoms with Crippen LogP contribution in [0.15, 0.2) is 29.2 Å². The SMILES string of the molecule is CSc1ccc(N2C(=O)C3CCSCN3C2=O)cc1. The second kappa shape index (κ2) is 5.09. The van der Waals surface area contributed by atoms with Gasteiger partial charge in [0.1, 0.15) is 6.04 Å². The van der Waals surface area contributed by atoms with E-state index in [2.05, 4.69) is 0 Å². The zero-order valence-electron chi connectivity index (χ0n) is 10.5. The first-order chi connectivity index (χ1) is 9.22. The summed E-state index contributed by atoms with van der Waals surface area (Å²) in [5.74, 6) is 1.48. The molecular weight excluding hydrogens is 280 g/mol. The van der Waals surface area contributed by atoms with Gasteiger partial charge >= 0.3 is 6.03 Å². The quantitative estimate of drug-likeness (QED) is 0.621. The van der Waals surface area contributed by atoms with Crippen LogP contribution in [0.5, 0.6) is 0 Å². The van der Waals surface area contributed by atoms with Crippen LogP contribution in [-0.2, 0) is 4.79 Å². The monoisotopic (exact) mass is 294 g/mol. The fourth-order valence-corrected chi connectivity index (χ4v) is 3.80. The van der Waals surface area contributed by atoms with Crippen molar-refractivity contribution in [2.45, 2.75) is 17.4 Å². The fourth-order valence-electron chi connectivity index (χ4n) is 2.39. The Bertz CT molecular complexity index is 494. The normalized spacial score (nSPS) is 22.9. The molecule has 2 aliphatic rings. The molecule has 0 radical (unpaired) electrons. The first-order valence-electron chi connectivity index (χ1n) is 6.09. The lowest BCUT2D eigenvalue weighted by atomic mass is 10.2. The molecule has 0 N–H and O–H groups in total. The third-order valence-electron chi connectivity index (χ3n) is 3.42. The van der Waals surface area contributed by atoms with E-state index >= 15 is 0 Å². The minimum absolute atomic E-state index is 0.0813. The van der Waals surface area contributed by atoms with E-state index < -0.39 is 0 Å². The molecule has 3 rings (SSSR count). The van der Waals surface area contributed by atoms with Gasteiger partial charge in [-0.1, -0.05) is 0 Å². The van der Waals surface area contributed by atoms with Crippen LogP contribution in [0.2, 0.25) is 0 Å². The molecule has 0 aromatic heterocycles. The summed E-state index contributed by atoms with van der Waals surface area (Å²) in [4.78, 5) is 28.8. The van der Waals surface area contributed by atoms with Gasteiger partial charge in [0.25, 0.3) is 5.91 Å². The summed E-state index contributed by atoms with van der Waals surface area (Å²) in [6.45, 7) is 0. The maximum Gasteiger partial charge on any atom is 0.332 e. The standard InChI is InChI=1S/C13H14N2O2S2/c1-18-10-4-2-9(3-5-10)15-12(16)11-6-7-19-8-14(11)13(15)17/h2-5,11H,6-8H2,1H3. The number of hydrogen-bond donors (Lipinski definition) is 0. The lowest BCUT2D eigenvalue weighted by Gasteiger charge is -2.25. The van der Waals surface area contributed by atoms with E-state index in [9.17, 15) is 9.59 Å². The maximum atomic E-state index is 12.4. The number of imide groups is 1. The van der Waals surface area contributed by atoms with Gasteiger partial charge in [0.2, 0.25) is 0 Å². The molecule has 1 atom stereocenters. The van der Waals surface area contributed by atoms with Gasteiger partial charge in [-0.2, -0.15) is 0 Å². The first-order valence-corrected chi connectivity index (χ1v) is 8.46. The number of nitrogens with zero attached hydrogens (tertiary/aromatic N) is 2. The van der Waals surface area contributed by atoms with E-state index in [1.807, 2.05) is 30.5 Å². The molecule has 6 heteroatoms. The highest BCUT2D eigenvalue weighted by Gasteiger charge is 2.46. The van der Waals surface area contributed by atoms with Crippen LogP contribution < -0.4 is 4.90 Å². The van der Waals surface area contributed by atoms with E-state index in [0.29, 0.717) is 11.6 Å². The highest BCUT2D eigenvalue weighted by molar-refractivity contribution is 7.99. The molecule has 0 bridgehead atoms. The smallest absolute Gasteiger partial charge is 0.303 e. The Kier molecular flexibility index (Phi) is 3.45. The number of carbonyl (C=O) groups excluding carboxylic acids is 2. The number of hydrogen-bond acceptors (Lipinski definition) is 4. The lowest BCUT2D eigenvalue weighted by molar-refractivity contribution is -0.119. The topological polar surface area (TPSA) is 40.6 Å². The number of amides is 3. The van der Waals surface area contributed by atoms with Crippen molar-refractivity contribution < 1.29 is 9.59 Å². The number of benzene rings is 1. The maximum absolute atomic E-state index is 12.4. The number of thioether (sulfide) groups is 2. The lowest BCUT2D eigenvalue weighted by Crippen LogP contribution is -2.38. The Labute approximate surface area is 120 Å². The van der Waals surface area contributed by atoms with Gasteiger partial charge in [0, 0.05) is 4.90 Å². The van der Waals surface area contributed by atoms with Crippen LogP contribution >= 0.6 is 23.5 Å². The molecule has 1 aromatic carbocycles. The van der Waals surface area contributed by atoms with Crippen molar-refractivity contribution in [2.75, 3.05) is 22.8 Å². The minimum Gasteiger partial charge on any atom is -0.303 e. The summed E-state index contributed by atoms with van der Waals surface area (Å²) in [6, 6.07) is 7.12. The molecule has 19 heavy (non-hydrogen) atoms. The number of carbonyl (C=O) groups is 2. The Hall–Kier alpha value is -1.14. The predicted octanol–water partition coefficient (Wildman–Crippen LogP) is 2.64. The van der Waals surface area contributed by atoms with Gasteiger partial charge in [-0.3, -0.25) is 4.79 Å². The second-order valence-electron chi connectivity index (χ2n) is 4.47. The third kappa shape index (κ3) is 2.12. The van der Waals surface area contributed by atoms with Gasteiger partial charge < -0.3 is 4.90 Å². The number of urea groups is 1. The highest BCUT2D eigenvalue weighted by atomic mass is 32.2. The van der Waals surface area contributed by atoms with Crippen molar-refractivity contribution in [3.8, 4) is 0 Å². The van der Waals surface area contributed by atoms with E-state index in [1.165, 1.54) is 4.90 Å². The van der Waals surface area contributed by atoms with Gasteiger partial charge in [-0.15, -0.1) is 23.5 Å². The van der Waals surface area contributed by atoms with Crippen LogP contribution in [0.1, 0.15) is 6.42 Å². The van der Waals surface area contributed by atoms with Crippen molar-refractivity contribution in [1.82, 2.24) is 4.90 Å². The van der Waals surface area contributed by atoms with Gasteiger partial charge in [0.05, 0.1) is 11.6 Å². The Balaban J connectivity index is 1.91. The van der Waals surface area contributed by atoms with Crippen molar-refractivity contribution in [3.63, 3.8) is 0 Å². The minimum atomic E-state index is -0.256. The Morgan fingerprint density at radius 3 is 2.63 bits per heavy atom. The average Bonchev–Trinajstić information content (AvgIpc) is 2.72. The van der Waals surface area contributed by atoms with E-state index in [1.54, 1.807) is 28.4 Å². The summed E-state index contributed by atoms with van der Waals surface area (Å²) in [7, 11) is 0. The molecule has 100 valence electrons. The van der Waals surface area contributed by atoms with Crippen LogP contribution in [0, 0.1) is 0 Å². The summed E-state index contributed by atoms with van der Waals surface area (Å²) in [6.07, 6.45) is 2.76. The van der Waals surface area contributed by atoms with Crippen molar-refractivity contribution in [3.05, 3.63) is 24.3 Å². The number of anilines is 1. The largest absolute Gasteiger partial charge is 0.332 e. The van der Waals surface area contributed by atoms with E-state index in [-0.39, 0.29) is 18.0 Å². The van der Waals surface area contributed by atoms with Crippen molar-refractivity contribution in [2.24, 2.45) is 0 Å². The molecule has 3 amide bonds. The number of fused-ring (bicyclic) bond motifs is 1. The zero-order chi connectivity index (χ0) is 13.4. The molecule has 2 saturated heterocycles. The zero-order valence-corrected chi connectivity index (χ0v) is 12.2. The molecule has 1 unspecified atom stereocenters. The first kappa shape index (κ1) is 12.9. The molecule has 0 spiro atoms. The molecule has 1 aromatic rings. The molecule has 2 aliphatic heterocycles. The van der Waals surface area contributed by atoms with Crippen LogP contribution in [0.25, 0.3) is 0 Å². The Morgan fingerprint density at radius 2 is 2.00 bits per heavy atom. The summed E-state index contributed by atoms with van der Waals surface area (Å²) < 4.78 is 0. The fraction of sp³-hybridized carbons (Fsp3) is 0.385. The summed E-state index contributed by atoms with van der Waals surface area (Å²) in [5.41, 5.74) is 0.673. The third-order valence-corrected chi connectivity index (χ3v) is 5.14. The molecule has 0 aliphatic carbocycles. The van der Waals surface area contributed by atoms with Gasteiger partial charge in [-0.05, 0) is 42.7 Å². The Morgan fingerprint density at radius 1 is 1.26 bits per heavy atom. The molecule has 4 nitrogen and oxygen atoms in total. The molecule has 0 saturated carbocycles.